The molecule has 11 nitrogen and oxygen atoms in total. The Labute approximate surface area is 225 Å². The Hall–Kier alpha value is -3.96. The van der Waals surface area contributed by atoms with Crippen molar-refractivity contribution >= 4 is 35.7 Å². The summed E-state index contributed by atoms with van der Waals surface area (Å²) in [5.74, 6) is -0.495. The topological polar surface area (TPSA) is 154 Å². The number of likely N-dealkylation sites (tertiary alicyclic amines) is 1. The lowest BCUT2D eigenvalue weighted by atomic mass is 10.0. The highest BCUT2D eigenvalue weighted by atomic mass is 16.6. The minimum Gasteiger partial charge on any atom is -0.392 e. The van der Waals surface area contributed by atoms with E-state index in [-0.39, 0.29) is 36.4 Å². The molecule has 2 aromatic rings. The normalized spacial score (nSPS) is 19.6. The van der Waals surface area contributed by atoms with Crippen LogP contribution < -0.4 is 0 Å². The molecule has 2 aromatic carbocycles. The van der Waals surface area contributed by atoms with E-state index >= 15 is 0 Å². The lowest BCUT2D eigenvalue weighted by Gasteiger charge is -2.20. The zero-order valence-corrected chi connectivity index (χ0v) is 22.0. The molecule has 2 saturated heterocycles. The van der Waals surface area contributed by atoms with Crippen LogP contribution in [-0.2, 0) is 18.0 Å². The number of benzene rings is 2. The number of fused-ring (bicyclic) bond motifs is 2. The molecule has 5 rings (SSSR count). The summed E-state index contributed by atoms with van der Waals surface area (Å²) in [6, 6.07) is 5.90. The number of aryl methyl sites for hydroxylation is 2. The predicted octanol–water partition coefficient (Wildman–Crippen LogP) is 3.01. The summed E-state index contributed by atoms with van der Waals surface area (Å²) in [6.07, 6.45) is 5.88. The molecule has 2 amide bonds. The molecule has 11 heteroatoms. The molecule has 3 aliphatic rings. The zero-order chi connectivity index (χ0) is 28.3. The monoisotopic (exact) mass is 536 g/mol. The molecule has 39 heavy (non-hydrogen) atoms. The maximum absolute atomic E-state index is 12.5. The van der Waals surface area contributed by atoms with Crippen molar-refractivity contribution < 1.29 is 29.5 Å². The van der Waals surface area contributed by atoms with E-state index in [4.69, 9.17) is 0 Å². The Kier molecular flexibility index (Phi) is 8.51. The minimum atomic E-state index is -0.618. The number of aliphatic hydroxyl groups is 2. The molecule has 0 unspecified atom stereocenters. The van der Waals surface area contributed by atoms with Gasteiger partial charge in [0.25, 0.3) is 17.5 Å². The Morgan fingerprint density at radius 3 is 2.41 bits per heavy atom. The number of nitrogens with zero attached hydrogens (tertiary/aromatic N) is 4. The van der Waals surface area contributed by atoms with Gasteiger partial charge in [-0.3, -0.25) is 24.7 Å². The van der Waals surface area contributed by atoms with Crippen molar-refractivity contribution in [2.45, 2.75) is 64.8 Å². The van der Waals surface area contributed by atoms with Gasteiger partial charge in [-0.2, -0.15) is 0 Å². The molecular weight excluding hydrogens is 504 g/mol. The van der Waals surface area contributed by atoms with E-state index < -0.39 is 16.9 Å². The molecule has 0 aromatic heterocycles. The van der Waals surface area contributed by atoms with Crippen molar-refractivity contribution in [3.8, 4) is 0 Å². The van der Waals surface area contributed by atoms with Crippen LogP contribution >= 0.6 is 0 Å². The number of nitro groups is 1. The largest absolute Gasteiger partial charge is 0.392 e. The van der Waals surface area contributed by atoms with Crippen LogP contribution in [0.15, 0.2) is 29.3 Å². The van der Waals surface area contributed by atoms with Gasteiger partial charge in [0.2, 0.25) is 0 Å². The molecule has 0 aliphatic carbocycles. The van der Waals surface area contributed by atoms with Gasteiger partial charge in [-0.05, 0) is 80.0 Å². The van der Waals surface area contributed by atoms with Crippen molar-refractivity contribution in [2.24, 2.45) is 4.99 Å². The molecular formula is C28H32N4O7. The fourth-order valence-electron chi connectivity index (χ4n) is 5.28. The second kappa shape index (κ2) is 11.8. The average molecular weight is 537 g/mol. The second-order valence-electron chi connectivity index (χ2n) is 10.00. The number of hydrogen-bond acceptors (Lipinski definition) is 8. The number of hydrogen-bond donors (Lipinski definition) is 2. The van der Waals surface area contributed by atoms with E-state index in [2.05, 4.69) is 4.99 Å². The van der Waals surface area contributed by atoms with Crippen LogP contribution in [0, 0.1) is 24.0 Å². The van der Waals surface area contributed by atoms with E-state index in [1.807, 2.05) is 24.1 Å². The molecule has 206 valence electrons. The number of aldehydes is 1. The van der Waals surface area contributed by atoms with Gasteiger partial charge in [0.05, 0.1) is 41.5 Å². The summed E-state index contributed by atoms with van der Waals surface area (Å²) >= 11 is 0. The third-order valence-corrected chi connectivity index (χ3v) is 7.57. The molecule has 0 saturated carbocycles. The highest BCUT2D eigenvalue weighted by Gasteiger charge is 2.34. The van der Waals surface area contributed by atoms with Gasteiger partial charge >= 0.3 is 0 Å². The smallest absolute Gasteiger partial charge is 0.282 e. The van der Waals surface area contributed by atoms with E-state index in [0.29, 0.717) is 42.4 Å². The Morgan fingerprint density at radius 1 is 1.08 bits per heavy atom. The van der Waals surface area contributed by atoms with Gasteiger partial charge in [-0.15, -0.1) is 0 Å². The fraction of sp³-hybridized carbons (Fsp3) is 0.429. The van der Waals surface area contributed by atoms with Crippen molar-refractivity contribution in [2.75, 3.05) is 13.1 Å². The van der Waals surface area contributed by atoms with Gasteiger partial charge in [-0.1, -0.05) is 0 Å². The van der Waals surface area contributed by atoms with Crippen LogP contribution in [0.2, 0.25) is 0 Å². The van der Waals surface area contributed by atoms with E-state index in [1.54, 1.807) is 13.0 Å². The highest BCUT2D eigenvalue weighted by molar-refractivity contribution is 6.03. The van der Waals surface area contributed by atoms with E-state index in [1.165, 1.54) is 17.0 Å². The molecule has 2 N–H and O–H groups in total. The number of aliphatic hydroxyl groups excluding tert-OH is 2. The summed E-state index contributed by atoms with van der Waals surface area (Å²) in [5.41, 5.74) is 3.75. The molecule has 3 aliphatic heterocycles. The average Bonchev–Trinajstić information content (AvgIpc) is 3.58. The molecule has 0 spiro atoms. The summed E-state index contributed by atoms with van der Waals surface area (Å²) in [4.78, 5) is 54.2. The van der Waals surface area contributed by atoms with Gasteiger partial charge < -0.3 is 24.8 Å². The van der Waals surface area contributed by atoms with Gasteiger partial charge in [0, 0.05) is 25.4 Å². The predicted molar refractivity (Wildman–Crippen MR) is 143 cm³/mol. The molecule has 0 bridgehead atoms. The quantitative estimate of drug-likeness (QED) is 0.338. The first-order chi connectivity index (χ1) is 18.7. The zero-order valence-electron chi connectivity index (χ0n) is 22.0. The second-order valence-corrected chi connectivity index (χ2v) is 10.00. The lowest BCUT2D eigenvalue weighted by molar-refractivity contribution is -0.385. The number of aliphatic imine (C=N–C) groups is 1. The number of carbonyl (C=O) groups excluding carboxylic acids is 3. The number of carbonyl (C=O) groups is 3. The lowest BCUT2D eigenvalue weighted by Crippen LogP contribution is -2.36. The number of amides is 2. The SMILES string of the molecule is Cc1cc([N+](=O)[O-])c(C(=O)N2CCC[C@H]2C=O)cc1CO.Cc1cc2c(cc1CO)C(=O)N1CCC[C@H]1C=N2. The summed E-state index contributed by atoms with van der Waals surface area (Å²) < 4.78 is 0. The van der Waals surface area contributed by atoms with Crippen LogP contribution in [0.1, 0.15) is 68.7 Å². The summed E-state index contributed by atoms with van der Waals surface area (Å²) in [5, 5.41) is 29.7. The van der Waals surface area contributed by atoms with Gasteiger partial charge in [-0.25, -0.2) is 0 Å². The van der Waals surface area contributed by atoms with Crippen molar-refractivity contribution in [3.63, 3.8) is 0 Å². The van der Waals surface area contributed by atoms with E-state index in [9.17, 15) is 34.7 Å². The van der Waals surface area contributed by atoms with Gasteiger partial charge in [0.15, 0.2) is 0 Å². The van der Waals surface area contributed by atoms with Crippen molar-refractivity contribution in [3.05, 3.63) is 67.8 Å². The van der Waals surface area contributed by atoms with Crippen LogP contribution in [0.25, 0.3) is 0 Å². The maximum Gasteiger partial charge on any atom is 0.282 e. The Balaban J connectivity index is 0.000000183. The first-order valence-electron chi connectivity index (χ1n) is 12.9. The van der Waals surface area contributed by atoms with Crippen molar-refractivity contribution in [1.29, 1.82) is 0 Å². The number of nitro benzene ring substituents is 1. The van der Waals surface area contributed by atoms with Crippen LogP contribution in [0.5, 0.6) is 0 Å². The van der Waals surface area contributed by atoms with Crippen LogP contribution in [0.3, 0.4) is 0 Å². The molecule has 3 heterocycles. The minimum absolute atomic E-state index is 0.0414. The fourth-order valence-corrected chi connectivity index (χ4v) is 5.28. The molecule has 2 atom stereocenters. The third-order valence-electron chi connectivity index (χ3n) is 7.57. The first-order valence-corrected chi connectivity index (χ1v) is 12.9. The standard InChI is InChI=1S/C14H16N2O5.C14H16N2O2/c1-9-5-13(16(20)21)12(6-10(9)7-17)14(19)15-4-2-3-11(15)8-18;1-9-5-13-12(6-10(9)8-17)14(18)16-4-2-3-11(16)7-15-13/h5-6,8,11,17H,2-4,7H2,1H3;5-7,11,17H,2-4,8H2,1H3/t2*11-/m00/s1. The number of rotatable bonds is 5. The van der Waals surface area contributed by atoms with Crippen LogP contribution in [0.4, 0.5) is 11.4 Å². The van der Waals surface area contributed by atoms with E-state index in [0.717, 1.165) is 36.2 Å². The molecule has 0 radical (unpaired) electrons. The highest BCUT2D eigenvalue weighted by Crippen LogP contribution is 2.31. The first kappa shape index (κ1) is 28.1. The van der Waals surface area contributed by atoms with Gasteiger partial charge in [0.1, 0.15) is 11.8 Å². The molecule has 2 fully saturated rings. The van der Waals surface area contributed by atoms with Crippen LogP contribution in [-0.4, -0.2) is 74.4 Å². The third kappa shape index (κ3) is 5.59. The van der Waals surface area contributed by atoms with Crippen molar-refractivity contribution in [1.82, 2.24) is 9.80 Å². The maximum atomic E-state index is 12.5. The summed E-state index contributed by atoms with van der Waals surface area (Å²) in [6.45, 7) is 4.43. The Bertz CT molecular complexity index is 1340. The summed E-state index contributed by atoms with van der Waals surface area (Å²) in [7, 11) is 0. The Morgan fingerprint density at radius 2 is 1.74 bits per heavy atom.